The van der Waals surface area contributed by atoms with Gasteiger partial charge in [-0.25, -0.2) is 0 Å². The third-order valence-corrected chi connectivity index (χ3v) is 5.10. The first-order valence-electron chi connectivity index (χ1n) is 9.40. The Morgan fingerprint density at radius 1 is 0.778 bits per heavy atom. The summed E-state index contributed by atoms with van der Waals surface area (Å²) in [5.74, 6) is 0.128. The van der Waals surface area contributed by atoms with Gasteiger partial charge in [0.2, 0.25) is 0 Å². The normalized spacial score (nSPS) is 12.0. The maximum Gasteiger partial charge on any atom is 0.277 e. The lowest BCUT2D eigenvalue weighted by molar-refractivity contribution is -0.677. The van der Waals surface area contributed by atoms with Gasteiger partial charge in [-0.3, -0.25) is 4.79 Å². The van der Waals surface area contributed by atoms with E-state index in [0.717, 1.165) is 5.56 Å². The molecule has 0 saturated carbocycles. The van der Waals surface area contributed by atoms with Crippen LogP contribution in [0.25, 0.3) is 0 Å². The van der Waals surface area contributed by atoms with Crippen molar-refractivity contribution < 1.29 is 10.1 Å². The Hall–Kier alpha value is -2.91. The summed E-state index contributed by atoms with van der Waals surface area (Å²) < 4.78 is 0. The van der Waals surface area contributed by atoms with Gasteiger partial charge in [0, 0.05) is 18.2 Å². The lowest BCUT2D eigenvalue weighted by Crippen LogP contribution is -2.87. The number of amides is 1. The summed E-state index contributed by atoms with van der Waals surface area (Å²) in [5, 5.41) is 2.13. The molecule has 0 heterocycles. The van der Waals surface area contributed by atoms with Crippen molar-refractivity contribution in [1.82, 2.24) is 4.90 Å². The molecule has 0 fully saturated rings. The molecule has 138 valence electrons. The van der Waals surface area contributed by atoms with Gasteiger partial charge in [0.25, 0.3) is 5.91 Å². The number of carbonyl (C=O) groups excluding carboxylic acids is 1. The minimum Gasteiger partial charge on any atom is -0.334 e. The van der Waals surface area contributed by atoms with E-state index < -0.39 is 0 Å². The second-order valence-electron chi connectivity index (χ2n) is 6.83. The Labute approximate surface area is 161 Å². The Kier molecular flexibility index (Phi) is 6.39. The predicted octanol–water partition coefficient (Wildman–Crippen LogP) is 3.56. The molecule has 0 spiro atoms. The second kappa shape index (κ2) is 9.15. The van der Waals surface area contributed by atoms with Crippen molar-refractivity contribution in [2.75, 3.05) is 13.6 Å². The van der Waals surface area contributed by atoms with E-state index in [1.54, 1.807) is 0 Å². The molecule has 2 N–H and O–H groups in total. The van der Waals surface area contributed by atoms with E-state index in [-0.39, 0.29) is 18.0 Å². The third-order valence-electron chi connectivity index (χ3n) is 5.10. The largest absolute Gasteiger partial charge is 0.334 e. The quantitative estimate of drug-likeness (QED) is 0.688. The van der Waals surface area contributed by atoms with Crippen LogP contribution >= 0.6 is 0 Å². The van der Waals surface area contributed by atoms with E-state index in [4.69, 9.17) is 0 Å². The number of hydrogen-bond acceptors (Lipinski definition) is 1. The number of hydrogen-bond donors (Lipinski definition) is 1. The van der Waals surface area contributed by atoms with E-state index >= 15 is 0 Å². The fourth-order valence-corrected chi connectivity index (χ4v) is 3.32. The van der Waals surface area contributed by atoms with Crippen LogP contribution in [0, 0.1) is 0 Å². The number of likely N-dealkylation sites (N-methyl/N-ethyl adjacent to an activating group) is 1. The van der Waals surface area contributed by atoms with Crippen LogP contribution in [0.2, 0.25) is 0 Å². The number of benzene rings is 3. The highest BCUT2D eigenvalue weighted by atomic mass is 16.2. The average Bonchev–Trinajstić information content (AvgIpc) is 2.75. The van der Waals surface area contributed by atoms with E-state index in [9.17, 15) is 4.79 Å². The van der Waals surface area contributed by atoms with Crippen molar-refractivity contribution in [2.45, 2.75) is 19.0 Å². The zero-order valence-corrected chi connectivity index (χ0v) is 16.0. The molecule has 0 bridgehead atoms. The number of rotatable bonds is 7. The third kappa shape index (κ3) is 4.83. The van der Waals surface area contributed by atoms with Crippen molar-refractivity contribution in [2.24, 2.45) is 0 Å². The van der Waals surface area contributed by atoms with Crippen molar-refractivity contribution in [3.8, 4) is 0 Å². The summed E-state index contributed by atoms with van der Waals surface area (Å²) in [7, 11) is 1.88. The molecule has 27 heavy (non-hydrogen) atoms. The van der Waals surface area contributed by atoms with Crippen LogP contribution in [-0.4, -0.2) is 24.4 Å². The number of carbonyl (C=O) groups is 1. The fourth-order valence-electron chi connectivity index (χ4n) is 3.32. The zero-order chi connectivity index (χ0) is 19.1. The molecule has 3 rings (SSSR count). The standard InChI is InChI=1S/C24H26N2O/c1-19(20-12-6-3-7-13-20)26(2)23(27)18-25-24(21-14-8-4-9-15-21)22-16-10-5-11-17-22/h3-17,19,24-25H,18H2,1-2H3/p+1/t19-/m1/s1. The van der Waals surface area contributed by atoms with Gasteiger partial charge in [-0.1, -0.05) is 91.0 Å². The Morgan fingerprint density at radius 3 is 1.63 bits per heavy atom. The van der Waals surface area contributed by atoms with Crippen LogP contribution in [0.4, 0.5) is 0 Å². The first-order chi connectivity index (χ1) is 13.2. The average molecular weight is 359 g/mol. The van der Waals surface area contributed by atoms with Gasteiger partial charge in [0.1, 0.15) is 6.04 Å². The summed E-state index contributed by atoms with van der Waals surface area (Å²) in [6.07, 6.45) is 0. The van der Waals surface area contributed by atoms with E-state index in [1.165, 1.54) is 11.1 Å². The van der Waals surface area contributed by atoms with E-state index in [1.807, 2.05) is 66.5 Å². The van der Waals surface area contributed by atoms with Crippen molar-refractivity contribution in [3.63, 3.8) is 0 Å². The molecule has 3 aromatic rings. The molecule has 3 heteroatoms. The molecule has 0 aromatic heterocycles. The summed E-state index contributed by atoms with van der Waals surface area (Å²) in [4.78, 5) is 14.7. The summed E-state index contributed by atoms with van der Waals surface area (Å²) in [5.41, 5.74) is 3.56. The van der Waals surface area contributed by atoms with E-state index in [2.05, 4.69) is 48.6 Å². The van der Waals surface area contributed by atoms with Crippen LogP contribution in [-0.2, 0) is 4.79 Å². The van der Waals surface area contributed by atoms with E-state index in [0.29, 0.717) is 6.54 Å². The molecular weight excluding hydrogens is 332 g/mol. The zero-order valence-electron chi connectivity index (χ0n) is 16.0. The van der Waals surface area contributed by atoms with Gasteiger partial charge in [-0.05, 0) is 12.5 Å². The monoisotopic (exact) mass is 359 g/mol. The van der Waals surface area contributed by atoms with Gasteiger partial charge in [-0.15, -0.1) is 0 Å². The van der Waals surface area contributed by atoms with Gasteiger partial charge in [-0.2, -0.15) is 0 Å². The lowest BCUT2D eigenvalue weighted by atomic mass is 9.99. The molecule has 3 aromatic carbocycles. The van der Waals surface area contributed by atoms with Crippen LogP contribution in [0.3, 0.4) is 0 Å². The summed E-state index contributed by atoms with van der Waals surface area (Å²) >= 11 is 0. The maximum atomic E-state index is 12.8. The number of quaternary nitrogens is 1. The van der Waals surface area contributed by atoms with Crippen LogP contribution in [0.5, 0.6) is 0 Å². The second-order valence-corrected chi connectivity index (χ2v) is 6.83. The van der Waals surface area contributed by atoms with Gasteiger partial charge < -0.3 is 10.2 Å². The van der Waals surface area contributed by atoms with Gasteiger partial charge in [0.05, 0.1) is 6.04 Å². The molecule has 1 amide bonds. The molecule has 0 aliphatic rings. The first-order valence-corrected chi connectivity index (χ1v) is 9.40. The number of nitrogens with zero attached hydrogens (tertiary/aromatic N) is 1. The first kappa shape index (κ1) is 18.9. The van der Waals surface area contributed by atoms with Crippen molar-refractivity contribution in [1.29, 1.82) is 0 Å². The lowest BCUT2D eigenvalue weighted by Gasteiger charge is -2.25. The number of nitrogens with two attached hydrogens (primary N) is 1. The predicted molar refractivity (Wildman–Crippen MR) is 109 cm³/mol. The Balaban J connectivity index is 1.71. The maximum absolute atomic E-state index is 12.8. The topological polar surface area (TPSA) is 36.9 Å². The smallest absolute Gasteiger partial charge is 0.277 e. The Bertz CT molecular complexity index is 795. The van der Waals surface area contributed by atoms with Crippen LogP contribution < -0.4 is 5.32 Å². The van der Waals surface area contributed by atoms with Gasteiger partial charge >= 0.3 is 0 Å². The molecule has 3 nitrogen and oxygen atoms in total. The Morgan fingerprint density at radius 2 is 1.19 bits per heavy atom. The highest BCUT2D eigenvalue weighted by Gasteiger charge is 2.22. The molecule has 0 radical (unpaired) electrons. The van der Waals surface area contributed by atoms with Crippen molar-refractivity contribution in [3.05, 3.63) is 108 Å². The minimum absolute atomic E-state index is 0.0546. The van der Waals surface area contributed by atoms with Crippen LogP contribution in [0.15, 0.2) is 91.0 Å². The van der Waals surface area contributed by atoms with Crippen LogP contribution in [0.1, 0.15) is 35.7 Å². The minimum atomic E-state index is 0.0546. The molecule has 1 atom stereocenters. The molecule has 0 aliphatic carbocycles. The highest BCUT2D eigenvalue weighted by molar-refractivity contribution is 5.77. The fraction of sp³-hybridized carbons (Fsp3) is 0.208. The molecular formula is C24H27N2O+. The summed E-state index contributed by atoms with van der Waals surface area (Å²) in [6.45, 7) is 2.47. The molecule has 0 saturated heterocycles. The molecule has 0 unspecified atom stereocenters. The highest BCUT2D eigenvalue weighted by Crippen LogP contribution is 2.19. The SMILES string of the molecule is C[C@H](c1ccccc1)N(C)C(=O)C[NH2+]C(c1ccccc1)c1ccccc1. The molecule has 0 aliphatic heterocycles. The van der Waals surface area contributed by atoms with Gasteiger partial charge in [0.15, 0.2) is 6.54 Å². The van der Waals surface area contributed by atoms with Crippen molar-refractivity contribution >= 4 is 5.91 Å². The summed E-state index contributed by atoms with van der Waals surface area (Å²) in [6, 6.07) is 31.0.